The van der Waals surface area contributed by atoms with E-state index in [0.29, 0.717) is 0 Å². The van der Waals surface area contributed by atoms with Gasteiger partial charge in [0.05, 0.1) is 11.2 Å². The fourth-order valence-corrected chi connectivity index (χ4v) is 1.69. The van der Waals surface area contributed by atoms with E-state index in [4.69, 9.17) is 0 Å². The standard InChI is InChI=1S/C11H23NO2/c1-10(2,13)4-7-12-8-5-11(3,14)6-9-12/h13-14H,4-9H2,1-3H3. The van der Waals surface area contributed by atoms with Gasteiger partial charge in [0, 0.05) is 19.6 Å². The minimum atomic E-state index is -0.569. The van der Waals surface area contributed by atoms with Gasteiger partial charge < -0.3 is 15.1 Å². The monoisotopic (exact) mass is 201 g/mol. The molecule has 0 aromatic carbocycles. The zero-order chi connectivity index (χ0) is 10.8. The van der Waals surface area contributed by atoms with Crippen LogP contribution in [0.5, 0.6) is 0 Å². The summed E-state index contributed by atoms with van der Waals surface area (Å²) in [6.07, 6.45) is 2.49. The molecule has 3 nitrogen and oxygen atoms in total. The number of rotatable bonds is 3. The minimum Gasteiger partial charge on any atom is -0.390 e. The average molecular weight is 201 g/mol. The molecule has 1 saturated heterocycles. The zero-order valence-electron chi connectivity index (χ0n) is 9.58. The fraction of sp³-hybridized carbons (Fsp3) is 1.00. The highest BCUT2D eigenvalue weighted by Crippen LogP contribution is 2.21. The molecule has 1 aliphatic heterocycles. The molecule has 1 rings (SSSR count). The van der Waals surface area contributed by atoms with Crippen molar-refractivity contribution >= 4 is 0 Å². The number of piperidine rings is 1. The lowest BCUT2D eigenvalue weighted by atomic mass is 9.93. The molecule has 1 aliphatic rings. The fourth-order valence-electron chi connectivity index (χ4n) is 1.69. The van der Waals surface area contributed by atoms with Crippen LogP contribution in [0.3, 0.4) is 0 Å². The Hall–Kier alpha value is -0.120. The van der Waals surface area contributed by atoms with Crippen LogP contribution in [0.25, 0.3) is 0 Å². The maximum Gasteiger partial charge on any atom is 0.0644 e. The molecular weight excluding hydrogens is 178 g/mol. The second kappa shape index (κ2) is 4.17. The number of nitrogens with zero attached hydrogens (tertiary/aromatic N) is 1. The summed E-state index contributed by atoms with van der Waals surface area (Å²) in [5, 5.41) is 19.3. The Morgan fingerprint density at radius 3 is 2.21 bits per heavy atom. The van der Waals surface area contributed by atoms with Gasteiger partial charge in [-0.3, -0.25) is 0 Å². The van der Waals surface area contributed by atoms with E-state index in [2.05, 4.69) is 4.90 Å². The SMILES string of the molecule is CC(C)(O)CCN1CCC(C)(O)CC1. The van der Waals surface area contributed by atoms with E-state index in [1.807, 2.05) is 20.8 Å². The Balaban J connectivity index is 2.23. The van der Waals surface area contributed by atoms with Crippen molar-refractivity contribution < 1.29 is 10.2 Å². The van der Waals surface area contributed by atoms with Crippen molar-refractivity contribution in [1.82, 2.24) is 4.90 Å². The van der Waals surface area contributed by atoms with Crippen LogP contribution in [0, 0.1) is 0 Å². The summed E-state index contributed by atoms with van der Waals surface area (Å²) in [4.78, 5) is 2.32. The summed E-state index contributed by atoms with van der Waals surface area (Å²) in [6, 6.07) is 0. The van der Waals surface area contributed by atoms with Crippen LogP contribution in [-0.4, -0.2) is 45.9 Å². The first-order valence-corrected chi connectivity index (χ1v) is 5.46. The molecule has 0 unspecified atom stereocenters. The number of hydrogen-bond donors (Lipinski definition) is 2. The lowest BCUT2D eigenvalue weighted by Gasteiger charge is -2.36. The molecular formula is C11H23NO2. The normalized spacial score (nSPS) is 23.8. The quantitative estimate of drug-likeness (QED) is 0.716. The van der Waals surface area contributed by atoms with Gasteiger partial charge in [-0.25, -0.2) is 0 Å². The van der Waals surface area contributed by atoms with Crippen LogP contribution in [0.4, 0.5) is 0 Å². The number of aliphatic hydroxyl groups is 2. The van der Waals surface area contributed by atoms with Crippen molar-refractivity contribution in [3.05, 3.63) is 0 Å². The molecule has 0 saturated carbocycles. The van der Waals surface area contributed by atoms with E-state index < -0.39 is 11.2 Å². The van der Waals surface area contributed by atoms with Gasteiger partial charge in [0.1, 0.15) is 0 Å². The van der Waals surface area contributed by atoms with Gasteiger partial charge in [0.15, 0.2) is 0 Å². The van der Waals surface area contributed by atoms with Crippen molar-refractivity contribution in [3.63, 3.8) is 0 Å². The van der Waals surface area contributed by atoms with Crippen molar-refractivity contribution in [3.8, 4) is 0 Å². The van der Waals surface area contributed by atoms with Crippen molar-refractivity contribution in [2.45, 2.75) is 51.2 Å². The van der Waals surface area contributed by atoms with Gasteiger partial charge in [0.25, 0.3) is 0 Å². The van der Waals surface area contributed by atoms with Crippen LogP contribution in [-0.2, 0) is 0 Å². The van der Waals surface area contributed by atoms with E-state index in [-0.39, 0.29) is 0 Å². The third-order valence-corrected chi connectivity index (χ3v) is 2.97. The number of likely N-dealkylation sites (tertiary alicyclic amines) is 1. The first-order chi connectivity index (χ1) is 6.29. The van der Waals surface area contributed by atoms with Gasteiger partial charge in [-0.05, 0) is 40.0 Å². The van der Waals surface area contributed by atoms with Crippen molar-refractivity contribution in [1.29, 1.82) is 0 Å². The van der Waals surface area contributed by atoms with Gasteiger partial charge in [-0.2, -0.15) is 0 Å². The second-order valence-corrected chi connectivity index (χ2v) is 5.40. The first-order valence-electron chi connectivity index (χ1n) is 5.46. The van der Waals surface area contributed by atoms with Crippen LogP contribution >= 0.6 is 0 Å². The molecule has 0 aliphatic carbocycles. The number of hydrogen-bond acceptors (Lipinski definition) is 3. The highest BCUT2D eigenvalue weighted by Gasteiger charge is 2.27. The summed E-state index contributed by atoms with van der Waals surface area (Å²) in [7, 11) is 0. The van der Waals surface area contributed by atoms with E-state index >= 15 is 0 Å². The van der Waals surface area contributed by atoms with Crippen LogP contribution in [0.1, 0.15) is 40.0 Å². The van der Waals surface area contributed by atoms with Crippen molar-refractivity contribution in [2.24, 2.45) is 0 Å². The molecule has 14 heavy (non-hydrogen) atoms. The molecule has 1 fully saturated rings. The molecule has 0 bridgehead atoms. The molecule has 0 aromatic heterocycles. The summed E-state index contributed by atoms with van der Waals surface area (Å²) < 4.78 is 0. The Labute approximate surface area is 86.7 Å². The topological polar surface area (TPSA) is 43.7 Å². The largest absolute Gasteiger partial charge is 0.390 e. The third-order valence-electron chi connectivity index (χ3n) is 2.97. The van der Waals surface area contributed by atoms with E-state index in [0.717, 1.165) is 38.9 Å². The molecule has 0 aromatic rings. The zero-order valence-corrected chi connectivity index (χ0v) is 9.58. The minimum absolute atomic E-state index is 0.467. The van der Waals surface area contributed by atoms with Gasteiger partial charge in [-0.1, -0.05) is 0 Å². The predicted octanol–water partition coefficient (Wildman–Crippen LogP) is 0.994. The molecule has 0 amide bonds. The highest BCUT2D eigenvalue weighted by atomic mass is 16.3. The maximum absolute atomic E-state index is 9.74. The Morgan fingerprint density at radius 2 is 1.79 bits per heavy atom. The van der Waals surface area contributed by atoms with Gasteiger partial charge in [0.2, 0.25) is 0 Å². The lowest BCUT2D eigenvalue weighted by molar-refractivity contribution is -0.0129. The summed E-state index contributed by atoms with van der Waals surface area (Å²) in [5.41, 5.74) is -1.04. The summed E-state index contributed by atoms with van der Waals surface area (Å²) in [5.74, 6) is 0. The average Bonchev–Trinajstić information content (AvgIpc) is 2.01. The van der Waals surface area contributed by atoms with E-state index in [1.54, 1.807) is 0 Å². The molecule has 1 heterocycles. The van der Waals surface area contributed by atoms with Crippen molar-refractivity contribution in [2.75, 3.05) is 19.6 Å². The summed E-state index contributed by atoms with van der Waals surface area (Å²) in [6.45, 7) is 8.41. The Morgan fingerprint density at radius 1 is 1.29 bits per heavy atom. The molecule has 0 spiro atoms. The predicted molar refractivity (Wildman–Crippen MR) is 57.2 cm³/mol. The molecule has 84 valence electrons. The van der Waals surface area contributed by atoms with E-state index in [1.165, 1.54) is 0 Å². The Kier molecular flexibility index (Phi) is 3.56. The highest BCUT2D eigenvalue weighted by molar-refractivity contribution is 4.82. The summed E-state index contributed by atoms with van der Waals surface area (Å²) >= 11 is 0. The molecule has 2 N–H and O–H groups in total. The van der Waals surface area contributed by atoms with E-state index in [9.17, 15) is 10.2 Å². The van der Waals surface area contributed by atoms with Crippen LogP contribution in [0.2, 0.25) is 0 Å². The molecule has 0 radical (unpaired) electrons. The smallest absolute Gasteiger partial charge is 0.0644 e. The third kappa shape index (κ3) is 4.40. The second-order valence-electron chi connectivity index (χ2n) is 5.40. The van der Waals surface area contributed by atoms with Gasteiger partial charge >= 0.3 is 0 Å². The molecule has 3 heteroatoms. The van der Waals surface area contributed by atoms with Crippen LogP contribution < -0.4 is 0 Å². The van der Waals surface area contributed by atoms with Gasteiger partial charge in [-0.15, -0.1) is 0 Å². The first kappa shape index (κ1) is 12.0. The molecule has 0 atom stereocenters. The maximum atomic E-state index is 9.74. The Bertz CT molecular complexity index is 174. The lowest BCUT2D eigenvalue weighted by Crippen LogP contribution is -2.43. The van der Waals surface area contributed by atoms with Crippen LogP contribution in [0.15, 0.2) is 0 Å².